The Balaban J connectivity index is 1.27. The Morgan fingerprint density at radius 3 is 2.45 bits per heavy atom. The summed E-state index contributed by atoms with van der Waals surface area (Å²) in [6.45, 7) is 1.88. The maximum absolute atomic E-state index is 13.5. The molecule has 1 aromatic heterocycles. The van der Waals surface area contributed by atoms with Crippen LogP contribution in [-0.4, -0.2) is 103 Å². The summed E-state index contributed by atoms with van der Waals surface area (Å²) in [5, 5.41) is 3.46. The van der Waals surface area contributed by atoms with Crippen molar-refractivity contribution in [3.8, 4) is 0 Å². The minimum absolute atomic E-state index is 0.00668. The van der Waals surface area contributed by atoms with Gasteiger partial charge in [-0.2, -0.15) is 31.4 Å². The number of amides is 2. The lowest BCUT2D eigenvalue weighted by atomic mass is 9.97. The molecular weight excluding hydrogens is 552 g/mol. The van der Waals surface area contributed by atoms with E-state index in [0.717, 1.165) is 6.21 Å². The van der Waals surface area contributed by atoms with Gasteiger partial charge >= 0.3 is 12.4 Å². The number of hydrogen-bond acceptors (Lipinski definition) is 9. The van der Waals surface area contributed by atoms with Crippen molar-refractivity contribution in [1.82, 2.24) is 20.3 Å². The van der Waals surface area contributed by atoms with Crippen molar-refractivity contribution >= 4 is 29.7 Å². The lowest BCUT2D eigenvalue weighted by molar-refractivity contribution is -0.168. The van der Waals surface area contributed by atoms with Crippen LogP contribution in [0.1, 0.15) is 18.4 Å². The monoisotopic (exact) mass is 579 g/mol. The average Bonchev–Trinajstić information content (AvgIpc) is 3.44. The van der Waals surface area contributed by atoms with E-state index in [1.807, 2.05) is 5.43 Å². The second-order valence-electron chi connectivity index (χ2n) is 9.42. The molecule has 1 aromatic rings. The topological polar surface area (TPSA) is 122 Å². The van der Waals surface area contributed by atoms with Gasteiger partial charge in [0, 0.05) is 51.1 Å². The molecule has 1 N–H and O–H groups in total. The van der Waals surface area contributed by atoms with Gasteiger partial charge in [-0.15, -0.1) is 0 Å². The van der Waals surface area contributed by atoms with E-state index < -0.39 is 41.5 Å². The van der Waals surface area contributed by atoms with Crippen LogP contribution < -0.4 is 10.3 Å². The number of carbonyl (C=O) groups is 2. The summed E-state index contributed by atoms with van der Waals surface area (Å²) in [6.07, 6.45) is -6.51. The van der Waals surface area contributed by atoms with Crippen molar-refractivity contribution in [3.63, 3.8) is 0 Å². The lowest BCUT2D eigenvalue weighted by Crippen LogP contribution is -2.49. The van der Waals surface area contributed by atoms with Crippen LogP contribution in [-0.2, 0) is 25.2 Å². The van der Waals surface area contributed by atoms with Crippen molar-refractivity contribution in [2.24, 2.45) is 21.9 Å². The van der Waals surface area contributed by atoms with Gasteiger partial charge < -0.3 is 19.3 Å². The van der Waals surface area contributed by atoms with Gasteiger partial charge in [0.2, 0.25) is 11.9 Å². The van der Waals surface area contributed by atoms with Crippen LogP contribution in [0.4, 0.5) is 32.3 Å². The van der Waals surface area contributed by atoms with E-state index in [1.54, 1.807) is 9.80 Å². The average molecular weight is 580 g/mol. The highest BCUT2D eigenvalue weighted by atomic mass is 19.4. The zero-order valence-corrected chi connectivity index (χ0v) is 21.1. The van der Waals surface area contributed by atoms with E-state index in [2.05, 4.69) is 20.1 Å². The molecule has 0 bridgehead atoms. The van der Waals surface area contributed by atoms with Gasteiger partial charge in [0.1, 0.15) is 0 Å². The van der Waals surface area contributed by atoms with Gasteiger partial charge in [-0.3, -0.25) is 14.6 Å². The lowest BCUT2D eigenvalue weighted by Gasteiger charge is -2.34. The summed E-state index contributed by atoms with van der Waals surface area (Å²) in [4.78, 5) is 39.4. The molecular formula is C23H27F6N7O4. The number of nitrogens with one attached hydrogen (secondary N) is 1. The van der Waals surface area contributed by atoms with Crippen LogP contribution in [0, 0.1) is 11.8 Å². The maximum Gasteiger partial charge on any atom is 0.419 e. The molecule has 1 unspecified atom stereocenters. The highest BCUT2D eigenvalue weighted by Crippen LogP contribution is 2.30. The Labute approximate surface area is 224 Å². The normalized spacial score (nSPS) is 23.9. The molecule has 0 aromatic carbocycles. The Hall–Kier alpha value is -3.34. The Bertz CT molecular complexity index is 1100. The van der Waals surface area contributed by atoms with E-state index in [0.29, 0.717) is 51.6 Å². The van der Waals surface area contributed by atoms with Gasteiger partial charge in [-0.1, -0.05) is 0 Å². The number of alkyl halides is 6. The van der Waals surface area contributed by atoms with Crippen LogP contribution in [0.25, 0.3) is 0 Å². The number of anilines is 1. The highest BCUT2D eigenvalue weighted by Gasteiger charge is 2.49. The third-order valence-electron chi connectivity index (χ3n) is 6.71. The number of ether oxygens (including phenoxy) is 2. The minimum atomic E-state index is -4.85. The van der Waals surface area contributed by atoms with Crippen LogP contribution >= 0.6 is 0 Å². The van der Waals surface area contributed by atoms with E-state index in [-0.39, 0.29) is 44.0 Å². The molecule has 0 aliphatic carbocycles. The predicted octanol–water partition coefficient (Wildman–Crippen LogP) is 1.69. The molecule has 11 nitrogen and oxygen atoms in total. The van der Waals surface area contributed by atoms with Gasteiger partial charge in [0.15, 0.2) is 5.92 Å². The Morgan fingerprint density at radius 2 is 1.85 bits per heavy atom. The third kappa shape index (κ3) is 7.44. The number of piperazine rings is 1. The van der Waals surface area contributed by atoms with E-state index in [1.165, 1.54) is 0 Å². The van der Waals surface area contributed by atoms with Crippen molar-refractivity contribution in [1.29, 1.82) is 0 Å². The number of carbonyl (C=O) groups excluding carboxylic acids is 2. The van der Waals surface area contributed by atoms with Gasteiger partial charge in [-0.25, -0.2) is 15.4 Å². The number of aliphatic imine (C=N–C) groups is 1. The number of nitrogens with zero attached hydrogens (tertiary/aromatic N) is 6. The first-order valence-electron chi connectivity index (χ1n) is 12.5. The highest BCUT2D eigenvalue weighted by molar-refractivity contribution is 6.37. The molecule has 4 rings (SSSR count). The van der Waals surface area contributed by atoms with Crippen LogP contribution in [0.3, 0.4) is 0 Å². The third-order valence-corrected chi connectivity index (χ3v) is 6.71. The SMILES string of the molecule is O=C1NN=CC(=N[C@H](COCCC(=O)N2CCN(c3ncc(C(F)(F)F)cn3)CC2)[C@@H]2CCOC2)C1C(F)(F)F. The van der Waals surface area contributed by atoms with Crippen molar-refractivity contribution in [3.05, 3.63) is 18.0 Å². The number of rotatable bonds is 8. The van der Waals surface area contributed by atoms with Crippen molar-refractivity contribution in [2.75, 3.05) is 57.5 Å². The van der Waals surface area contributed by atoms with Gasteiger partial charge in [0.05, 0.1) is 49.8 Å². The molecule has 2 saturated heterocycles. The summed E-state index contributed by atoms with van der Waals surface area (Å²) >= 11 is 0. The number of hydrazone groups is 1. The number of aromatic nitrogens is 2. The zero-order chi connectivity index (χ0) is 28.9. The smallest absolute Gasteiger partial charge is 0.381 e. The first-order valence-corrected chi connectivity index (χ1v) is 12.5. The molecule has 0 saturated carbocycles. The molecule has 3 aliphatic rings. The van der Waals surface area contributed by atoms with E-state index in [4.69, 9.17) is 9.47 Å². The van der Waals surface area contributed by atoms with Gasteiger partial charge in [-0.05, 0) is 6.42 Å². The fraction of sp³-hybridized carbons (Fsp3) is 0.652. The fourth-order valence-electron chi connectivity index (χ4n) is 4.49. The first kappa shape index (κ1) is 29.6. The molecule has 2 amide bonds. The molecule has 0 spiro atoms. The van der Waals surface area contributed by atoms with Crippen molar-refractivity contribution < 1.29 is 45.4 Å². The quantitative estimate of drug-likeness (QED) is 0.368. The molecule has 0 radical (unpaired) electrons. The first-order chi connectivity index (χ1) is 18.9. The molecule has 2 fully saturated rings. The molecule has 4 heterocycles. The number of hydrogen-bond donors (Lipinski definition) is 1. The van der Waals surface area contributed by atoms with Gasteiger partial charge in [0.25, 0.3) is 5.91 Å². The second kappa shape index (κ2) is 12.4. The summed E-state index contributed by atoms with van der Waals surface area (Å²) < 4.78 is 89.5. The Kier molecular flexibility index (Phi) is 9.22. The minimum Gasteiger partial charge on any atom is -0.381 e. The van der Waals surface area contributed by atoms with Crippen molar-refractivity contribution in [2.45, 2.75) is 31.2 Å². The summed E-state index contributed by atoms with van der Waals surface area (Å²) in [5.74, 6) is -4.06. The molecule has 220 valence electrons. The molecule has 3 atom stereocenters. The Morgan fingerprint density at radius 1 is 1.15 bits per heavy atom. The van der Waals surface area contributed by atoms with Crippen LogP contribution in [0.5, 0.6) is 0 Å². The largest absolute Gasteiger partial charge is 0.419 e. The molecule has 40 heavy (non-hydrogen) atoms. The standard InChI is InChI=1S/C23H27F6N7O4/c24-22(25,26)15-9-30-21(31-10-15)36-5-3-35(4-6-36)18(37)2-8-40-13-17(14-1-7-39-12-14)33-16-11-32-34-20(38)19(16)23(27,28)29/h9-11,14,17,19H,1-8,12-13H2,(H,34,38)/t14-,17-,19?/m1/s1. The predicted molar refractivity (Wildman–Crippen MR) is 128 cm³/mol. The second-order valence-corrected chi connectivity index (χ2v) is 9.42. The van der Waals surface area contributed by atoms with E-state index in [9.17, 15) is 35.9 Å². The van der Waals surface area contributed by atoms with Crippen LogP contribution in [0.15, 0.2) is 22.5 Å². The maximum atomic E-state index is 13.5. The van der Waals surface area contributed by atoms with Crippen LogP contribution in [0.2, 0.25) is 0 Å². The summed E-state index contributed by atoms with van der Waals surface area (Å²) in [5.41, 5.74) is 0.349. The zero-order valence-electron chi connectivity index (χ0n) is 21.1. The fourth-order valence-corrected chi connectivity index (χ4v) is 4.49. The summed E-state index contributed by atoms with van der Waals surface area (Å²) in [7, 11) is 0. The summed E-state index contributed by atoms with van der Waals surface area (Å²) in [6, 6.07) is -0.734. The van der Waals surface area contributed by atoms with E-state index >= 15 is 0 Å². The number of halogens is 6. The molecule has 17 heteroatoms. The molecule has 3 aliphatic heterocycles.